The molecule has 6 nitrogen and oxygen atoms in total. The van der Waals surface area contributed by atoms with E-state index >= 15 is 0 Å². The Kier molecular flexibility index (Phi) is 3.23. The second kappa shape index (κ2) is 4.92. The van der Waals surface area contributed by atoms with Crippen LogP contribution in [0, 0.1) is 0 Å². The number of nitrogens with one attached hydrogen (secondary N) is 1. The number of hydrogen-bond acceptors (Lipinski definition) is 6. The molecule has 0 unspecified atom stereocenters. The van der Waals surface area contributed by atoms with E-state index in [2.05, 4.69) is 46.4 Å². The second-order valence-electron chi connectivity index (χ2n) is 5.56. The maximum Gasteiger partial charge on any atom is 0.235 e. The number of rotatable bonds is 3. The lowest BCUT2D eigenvalue weighted by atomic mass is 10.1. The lowest BCUT2D eigenvalue weighted by molar-refractivity contribution is 0.422. The molecular weight excluding hydrogens is 272 g/mol. The minimum Gasteiger partial charge on any atom is -0.306 e. The summed E-state index contributed by atoms with van der Waals surface area (Å²) in [5.74, 6) is 0.728. The lowest BCUT2D eigenvalue weighted by Crippen LogP contribution is -2.35. The summed E-state index contributed by atoms with van der Waals surface area (Å²) in [5, 5.41) is 17.3. The third-order valence-electron chi connectivity index (χ3n) is 2.72. The van der Waals surface area contributed by atoms with E-state index in [1.54, 1.807) is 28.2 Å². The molecule has 7 heteroatoms. The van der Waals surface area contributed by atoms with E-state index in [4.69, 9.17) is 0 Å². The Morgan fingerprint density at radius 3 is 2.85 bits per heavy atom. The monoisotopic (exact) mass is 288 g/mol. The molecule has 0 aliphatic rings. The van der Waals surface area contributed by atoms with Gasteiger partial charge in [-0.15, -0.1) is 10.2 Å². The van der Waals surface area contributed by atoms with Crippen molar-refractivity contribution in [3.05, 3.63) is 29.5 Å². The normalized spacial score (nSPS) is 12.2. The molecule has 0 saturated heterocycles. The van der Waals surface area contributed by atoms with E-state index in [-0.39, 0.29) is 5.54 Å². The number of fused-ring (bicyclic) bond motifs is 1. The Hall–Kier alpha value is -1.86. The number of aromatic nitrogens is 5. The van der Waals surface area contributed by atoms with Crippen molar-refractivity contribution in [2.75, 3.05) is 0 Å². The maximum atomic E-state index is 4.57. The molecule has 3 aromatic rings. The summed E-state index contributed by atoms with van der Waals surface area (Å²) in [6, 6.07) is 3.83. The lowest BCUT2D eigenvalue weighted by Gasteiger charge is -2.19. The van der Waals surface area contributed by atoms with Crippen LogP contribution in [0.1, 0.15) is 25.8 Å². The molecule has 0 atom stereocenters. The first-order chi connectivity index (χ1) is 9.53. The largest absolute Gasteiger partial charge is 0.306 e. The van der Waals surface area contributed by atoms with Crippen molar-refractivity contribution in [1.82, 2.24) is 30.1 Å². The Morgan fingerprint density at radius 1 is 1.30 bits per heavy atom. The molecule has 20 heavy (non-hydrogen) atoms. The van der Waals surface area contributed by atoms with E-state index in [1.165, 1.54) is 0 Å². The Bertz CT molecular complexity index is 709. The van der Waals surface area contributed by atoms with Gasteiger partial charge in [0.15, 0.2) is 5.82 Å². The zero-order valence-corrected chi connectivity index (χ0v) is 12.5. The van der Waals surface area contributed by atoms with Crippen molar-refractivity contribution >= 4 is 16.3 Å². The van der Waals surface area contributed by atoms with Crippen LogP contribution in [0.3, 0.4) is 0 Å². The van der Waals surface area contributed by atoms with E-state index in [9.17, 15) is 0 Å². The third kappa shape index (κ3) is 2.68. The van der Waals surface area contributed by atoms with Gasteiger partial charge in [0.2, 0.25) is 4.96 Å². The van der Waals surface area contributed by atoms with Gasteiger partial charge in [0, 0.05) is 23.5 Å². The van der Waals surface area contributed by atoms with Gasteiger partial charge in [0.05, 0.1) is 6.54 Å². The van der Waals surface area contributed by atoms with Crippen molar-refractivity contribution in [3.8, 4) is 11.4 Å². The van der Waals surface area contributed by atoms with E-state index in [0.29, 0.717) is 0 Å². The van der Waals surface area contributed by atoms with Crippen LogP contribution < -0.4 is 5.32 Å². The predicted molar refractivity (Wildman–Crippen MR) is 78.5 cm³/mol. The minimum atomic E-state index is 0.0677. The maximum absolute atomic E-state index is 4.57. The predicted octanol–water partition coefficient (Wildman–Crippen LogP) is 2.14. The topological polar surface area (TPSA) is 68.0 Å². The fourth-order valence-corrected chi connectivity index (χ4v) is 2.52. The second-order valence-corrected chi connectivity index (χ2v) is 6.60. The molecular formula is C13H16N6S. The van der Waals surface area contributed by atoms with Crippen LogP contribution in [0.2, 0.25) is 0 Å². The van der Waals surface area contributed by atoms with Crippen molar-refractivity contribution < 1.29 is 0 Å². The highest BCUT2D eigenvalue weighted by Crippen LogP contribution is 2.20. The molecule has 0 saturated carbocycles. The smallest absolute Gasteiger partial charge is 0.235 e. The van der Waals surface area contributed by atoms with Crippen LogP contribution in [-0.4, -0.2) is 30.3 Å². The highest BCUT2D eigenvalue weighted by molar-refractivity contribution is 7.16. The van der Waals surface area contributed by atoms with Crippen molar-refractivity contribution in [2.45, 2.75) is 32.9 Å². The van der Waals surface area contributed by atoms with Crippen LogP contribution >= 0.6 is 11.3 Å². The summed E-state index contributed by atoms with van der Waals surface area (Å²) in [4.78, 5) is 4.91. The molecule has 104 valence electrons. The highest BCUT2D eigenvalue weighted by Gasteiger charge is 2.15. The van der Waals surface area contributed by atoms with Crippen LogP contribution in [-0.2, 0) is 6.54 Å². The summed E-state index contributed by atoms with van der Waals surface area (Å²) in [7, 11) is 0. The van der Waals surface area contributed by atoms with Crippen LogP contribution in [0.4, 0.5) is 0 Å². The van der Waals surface area contributed by atoms with Crippen LogP contribution in [0.5, 0.6) is 0 Å². The van der Waals surface area contributed by atoms with Gasteiger partial charge >= 0.3 is 0 Å². The van der Waals surface area contributed by atoms with Crippen LogP contribution in [0.25, 0.3) is 16.3 Å². The van der Waals surface area contributed by atoms with Gasteiger partial charge in [-0.05, 0) is 32.9 Å². The van der Waals surface area contributed by atoms with Crippen molar-refractivity contribution in [2.24, 2.45) is 0 Å². The van der Waals surface area contributed by atoms with Crippen molar-refractivity contribution in [1.29, 1.82) is 0 Å². The third-order valence-corrected chi connectivity index (χ3v) is 3.62. The Balaban J connectivity index is 1.91. The van der Waals surface area contributed by atoms with E-state index < -0.39 is 0 Å². The molecule has 0 radical (unpaired) electrons. The summed E-state index contributed by atoms with van der Waals surface area (Å²) in [6.07, 6.45) is 3.50. The molecule has 3 rings (SSSR count). The molecule has 1 N–H and O–H groups in total. The molecule has 3 heterocycles. The van der Waals surface area contributed by atoms with E-state index in [0.717, 1.165) is 27.9 Å². The summed E-state index contributed by atoms with van der Waals surface area (Å²) in [6.45, 7) is 7.13. The highest BCUT2D eigenvalue weighted by atomic mass is 32.1. The van der Waals surface area contributed by atoms with Gasteiger partial charge in [0.25, 0.3) is 0 Å². The van der Waals surface area contributed by atoms with Crippen LogP contribution in [0.15, 0.2) is 24.5 Å². The number of pyridine rings is 1. The van der Waals surface area contributed by atoms with Gasteiger partial charge in [-0.2, -0.15) is 9.61 Å². The standard InChI is InChI=1S/C13H16N6S/c1-13(2,3)15-8-10-18-19-11(16-17-12(19)20-10)9-5-4-6-14-7-9/h4-7,15H,8H2,1-3H3. The molecule has 3 aromatic heterocycles. The average Bonchev–Trinajstić information content (AvgIpc) is 2.96. The number of hydrogen-bond donors (Lipinski definition) is 1. The molecule has 0 spiro atoms. The summed E-state index contributed by atoms with van der Waals surface area (Å²) in [5.41, 5.74) is 0.985. The number of nitrogens with zero attached hydrogens (tertiary/aromatic N) is 5. The molecule has 0 bridgehead atoms. The molecule has 0 aromatic carbocycles. The first-order valence-electron chi connectivity index (χ1n) is 6.39. The first-order valence-corrected chi connectivity index (χ1v) is 7.21. The quantitative estimate of drug-likeness (QED) is 0.799. The van der Waals surface area contributed by atoms with E-state index in [1.807, 2.05) is 12.1 Å². The summed E-state index contributed by atoms with van der Waals surface area (Å²) >= 11 is 1.55. The summed E-state index contributed by atoms with van der Waals surface area (Å²) < 4.78 is 1.78. The van der Waals surface area contributed by atoms with Gasteiger partial charge in [-0.25, -0.2) is 0 Å². The average molecular weight is 288 g/mol. The van der Waals surface area contributed by atoms with Gasteiger partial charge < -0.3 is 5.32 Å². The zero-order chi connectivity index (χ0) is 14.2. The fraction of sp³-hybridized carbons (Fsp3) is 0.385. The van der Waals surface area contributed by atoms with Gasteiger partial charge in [-0.1, -0.05) is 11.3 Å². The van der Waals surface area contributed by atoms with Gasteiger partial charge in [0.1, 0.15) is 5.01 Å². The SMILES string of the molecule is CC(C)(C)NCc1nn2c(-c3cccnc3)nnc2s1. The minimum absolute atomic E-state index is 0.0677. The molecule has 0 amide bonds. The van der Waals surface area contributed by atoms with Crippen molar-refractivity contribution in [3.63, 3.8) is 0 Å². The Morgan fingerprint density at radius 2 is 2.15 bits per heavy atom. The molecule has 0 aliphatic carbocycles. The molecule has 0 fully saturated rings. The zero-order valence-electron chi connectivity index (χ0n) is 11.7. The Labute approximate surface area is 120 Å². The van der Waals surface area contributed by atoms with Gasteiger partial charge in [-0.3, -0.25) is 4.98 Å². The fourth-order valence-electron chi connectivity index (χ4n) is 1.74. The molecule has 0 aliphatic heterocycles. The first kappa shape index (κ1) is 13.1.